The zero-order valence-corrected chi connectivity index (χ0v) is 18.4. The van der Waals surface area contributed by atoms with E-state index in [9.17, 15) is 9.90 Å². The third kappa shape index (κ3) is 8.25. The molecule has 0 aliphatic carbocycles. The van der Waals surface area contributed by atoms with Crippen molar-refractivity contribution >= 4 is 18.0 Å². The summed E-state index contributed by atoms with van der Waals surface area (Å²) in [5, 5.41) is 10.3. The second-order valence-electron chi connectivity index (χ2n) is 8.35. The summed E-state index contributed by atoms with van der Waals surface area (Å²) >= 11 is 0. The van der Waals surface area contributed by atoms with Crippen molar-refractivity contribution in [1.82, 2.24) is 4.90 Å². The Morgan fingerprint density at radius 3 is 2.30 bits per heavy atom. The van der Waals surface area contributed by atoms with Crippen LogP contribution in [-0.2, 0) is 4.74 Å². The number of aliphatic hydroxyl groups excluding tert-OH is 1. The Balaban J connectivity index is 1.86. The molecular formula is C24H32N2O4. The first kappa shape index (κ1) is 23.4. The van der Waals surface area contributed by atoms with E-state index in [-0.39, 0.29) is 19.2 Å². The van der Waals surface area contributed by atoms with E-state index in [4.69, 9.17) is 9.47 Å². The summed E-state index contributed by atoms with van der Waals surface area (Å²) < 4.78 is 11.1. The molecular weight excluding hydrogens is 380 g/mol. The van der Waals surface area contributed by atoms with Gasteiger partial charge in [0.25, 0.3) is 0 Å². The Hall–Kier alpha value is -2.86. The summed E-state index contributed by atoms with van der Waals surface area (Å²) in [6.45, 7) is 9.41. The minimum atomic E-state index is -0.837. The number of hydrogen-bond donors (Lipinski definition) is 1. The van der Waals surface area contributed by atoms with E-state index in [1.165, 1.54) is 4.90 Å². The lowest BCUT2D eigenvalue weighted by atomic mass is 10.2. The predicted octanol–water partition coefficient (Wildman–Crippen LogP) is 4.82. The highest BCUT2D eigenvalue weighted by atomic mass is 16.6. The van der Waals surface area contributed by atoms with Gasteiger partial charge in [-0.25, -0.2) is 4.79 Å². The molecule has 1 N–H and O–H groups in total. The first-order chi connectivity index (χ1) is 14.1. The topological polar surface area (TPSA) is 71.4 Å². The highest BCUT2D eigenvalue weighted by Gasteiger charge is 2.26. The second-order valence-corrected chi connectivity index (χ2v) is 8.35. The number of ether oxygens (including phenoxy) is 2. The number of hydrogen-bond acceptors (Lipinski definition) is 5. The molecule has 0 heterocycles. The molecule has 0 fully saturated rings. The maximum absolute atomic E-state index is 12.3. The molecule has 30 heavy (non-hydrogen) atoms. The van der Waals surface area contributed by atoms with Crippen molar-refractivity contribution in [1.29, 1.82) is 0 Å². The molecule has 1 amide bonds. The molecule has 6 nitrogen and oxygen atoms in total. The highest BCUT2D eigenvalue weighted by molar-refractivity contribution is 5.81. The van der Waals surface area contributed by atoms with Crippen molar-refractivity contribution in [3.63, 3.8) is 0 Å². The van der Waals surface area contributed by atoms with Gasteiger partial charge in [-0.2, -0.15) is 0 Å². The molecule has 0 saturated carbocycles. The second kappa shape index (κ2) is 10.8. The Labute approximate surface area is 179 Å². The van der Waals surface area contributed by atoms with E-state index in [2.05, 4.69) is 4.99 Å². The number of carbonyl (C=O) groups excluding carboxylic acids is 1. The van der Waals surface area contributed by atoms with Crippen LogP contribution >= 0.6 is 0 Å². The van der Waals surface area contributed by atoms with E-state index >= 15 is 0 Å². The Kier molecular flexibility index (Phi) is 8.42. The van der Waals surface area contributed by atoms with Gasteiger partial charge in [0.1, 0.15) is 24.1 Å². The Morgan fingerprint density at radius 2 is 1.73 bits per heavy atom. The van der Waals surface area contributed by atoms with Gasteiger partial charge in [-0.05, 0) is 64.4 Å². The third-order valence-electron chi connectivity index (χ3n) is 4.10. The SMILES string of the molecule is CC(C)N(CC(O)COc1ccc(N=Cc2ccccc2)cc1)C(=O)OC(C)(C)C. The Morgan fingerprint density at radius 1 is 1.10 bits per heavy atom. The molecule has 0 aromatic heterocycles. The fourth-order valence-corrected chi connectivity index (χ4v) is 2.61. The van der Waals surface area contributed by atoms with Gasteiger partial charge in [0.15, 0.2) is 0 Å². The molecule has 0 bridgehead atoms. The molecule has 1 atom stereocenters. The lowest BCUT2D eigenvalue weighted by Crippen LogP contribution is -2.46. The predicted molar refractivity (Wildman–Crippen MR) is 120 cm³/mol. The zero-order chi connectivity index (χ0) is 22.1. The molecule has 1 unspecified atom stereocenters. The van der Waals surface area contributed by atoms with Gasteiger partial charge in [-0.15, -0.1) is 0 Å². The number of carbonyl (C=O) groups is 1. The number of rotatable bonds is 8. The van der Waals surface area contributed by atoms with E-state index in [0.717, 1.165) is 11.3 Å². The van der Waals surface area contributed by atoms with Crippen LogP contribution in [0.5, 0.6) is 5.75 Å². The van der Waals surface area contributed by atoms with Gasteiger partial charge in [0.2, 0.25) is 0 Å². The molecule has 0 aliphatic heterocycles. The fourth-order valence-electron chi connectivity index (χ4n) is 2.61. The molecule has 0 spiro atoms. The molecule has 0 aliphatic rings. The average Bonchev–Trinajstić information content (AvgIpc) is 2.69. The highest BCUT2D eigenvalue weighted by Crippen LogP contribution is 2.19. The lowest BCUT2D eigenvalue weighted by Gasteiger charge is -2.31. The van der Waals surface area contributed by atoms with Gasteiger partial charge >= 0.3 is 6.09 Å². The number of benzene rings is 2. The minimum Gasteiger partial charge on any atom is -0.491 e. The quantitative estimate of drug-likeness (QED) is 0.631. The van der Waals surface area contributed by atoms with Crippen molar-refractivity contribution in [2.24, 2.45) is 4.99 Å². The number of amides is 1. The van der Waals surface area contributed by atoms with Gasteiger partial charge in [0, 0.05) is 12.3 Å². The smallest absolute Gasteiger partial charge is 0.410 e. The molecule has 2 aromatic rings. The molecule has 162 valence electrons. The van der Waals surface area contributed by atoms with Crippen LogP contribution in [0.1, 0.15) is 40.2 Å². The summed E-state index contributed by atoms with van der Waals surface area (Å²) in [5.41, 5.74) is 1.25. The van der Waals surface area contributed by atoms with Crippen molar-refractivity contribution in [2.45, 2.75) is 52.4 Å². The van der Waals surface area contributed by atoms with Crippen molar-refractivity contribution in [2.75, 3.05) is 13.2 Å². The summed E-state index contributed by atoms with van der Waals surface area (Å²) in [5.74, 6) is 0.626. The van der Waals surface area contributed by atoms with E-state index in [1.807, 2.05) is 77.1 Å². The fraction of sp³-hybridized carbons (Fsp3) is 0.417. The maximum atomic E-state index is 12.3. The van der Waals surface area contributed by atoms with Crippen LogP contribution in [0.4, 0.5) is 10.5 Å². The first-order valence-corrected chi connectivity index (χ1v) is 10.1. The Bertz CT molecular complexity index is 811. The van der Waals surface area contributed by atoms with Crippen LogP contribution < -0.4 is 4.74 Å². The number of aliphatic imine (C=N–C) groups is 1. The average molecular weight is 413 g/mol. The number of nitrogens with zero attached hydrogens (tertiary/aromatic N) is 2. The summed E-state index contributed by atoms with van der Waals surface area (Å²) in [7, 11) is 0. The zero-order valence-electron chi connectivity index (χ0n) is 18.4. The maximum Gasteiger partial charge on any atom is 0.410 e. The van der Waals surface area contributed by atoms with Gasteiger partial charge in [-0.1, -0.05) is 30.3 Å². The van der Waals surface area contributed by atoms with Crippen LogP contribution in [0.2, 0.25) is 0 Å². The molecule has 0 saturated heterocycles. The summed E-state index contributed by atoms with van der Waals surface area (Å²) in [6, 6.07) is 17.1. The van der Waals surface area contributed by atoms with Crippen molar-refractivity contribution in [3.05, 3.63) is 60.2 Å². The molecule has 2 aromatic carbocycles. The summed E-state index contributed by atoms with van der Waals surface area (Å²) in [6.07, 6.45) is 0.518. The first-order valence-electron chi connectivity index (χ1n) is 10.1. The van der Waals surface area contributed by atoms with E-state index in [1.54, 1.807) is 18.3 Å². The molecule has 0 radical (unpaired) electrons. The molecule has 6 heteroatoms. The van der Waals surface area contributed by atoms with Gasteiger partial charge in [-0.3, -0.25) is 4.99 Å². The van der Waals surface area contributed by atoms with Gasteiger partial charge < -0.3 is 19.5 Å². The molecule has 2 rings (SSSR count). The van der Waals surface area contributed by atoms with Crippen molar-refractivity contribution < 1.29 is 19.4 Å². The standard InChI is InChI=1S/C24H32N2O4/c1-18(2)26(23(28)30-24(3,4)5)16-21(27)17-29-22-13-11-20(12-14-22)25-15-19-9-7-6-8-10-19/h6-15,18,21,27H,16-17H2,1-5H3. The lowest BCUT2D eigenvalue weighted by molar-refractivity contribution is 0.00188. The van der Waals surface area contributed by atoms with Gasteiger partial charge in [0.05, 0.1) is 12.2 Å². The normalized spacial score (nSPS) is 12.8. The van der Waals surface area contributed by atoms with Crippen LogP contribution in [0, 0.1) is 0 Å². The van der Waals surface area contributed by atoms with Crippen LogP contribution in [-0.4, -0.2) is 53.2 Å². The number of aliphatic hydroxyl groups is 1. The third-order valence-corrected chi connectivity index (χ3v) is 4.10. The monoisotopic (exact) mass is 412 g/mol. The van der Waals surface area contributed by atoms with E-state index in [0.29, 0.717) is 5.75 Å². The van der Waals surface area contributed by atoms with Crippen LogP contribution in [0.25, 0.3) is 0 Å². The van der Waals surface area contributed by atoms with E-state index < -0.39 is 17.8 Å². The van der Waals surface area contributed by atoms with Crippen molar-refractivity contribution in [3.8, 4) is 5.75 Å². The minimum absolute atomic E-state index is 0.0681. The largest absolute Gasteiger partial charge is 0.491 e. The summed E-state index contributed by atoms with van der Waals surface area (Å²) in [4.78, 5) is 18.3. The van der Waals surface area contributed by atoms with Crippen LogP contribution in [0.15, 0.2) is 59.6 Å². The van der Waals surface area contributed by atoms with Crippen LogP contribution in [0.3, 0.4) is 0 Å².